The second kappa shape index (κ2) is 8.09. The minimum absolute atomic E-state index is 0.0927. The lowest BCUT2D eigenvalue weighted by atomic mass is 10.1. The van der Waals surface area contributed by atoms with Gasteiger partial charge in [-0.25, -0.2) is 0 Å². The Labute approximate surface area is 165 Å². The van der Waals surface area contributed by atoms with E-state index < -0.39 is 17.6 Å². The number of anilines is 1. The van der Waals surface area contributed by atoms with Crippen molar-refractivity contribution in [2.45, 2.75) is 25.1 Å². The van der Waals surface area contributed by atoms with Crippen molar-refractivity contribution in [3.8, 4) is 0 Å². The minimum Gasteiger partial charge on any atom is -0.312 e. The topological polar surface area (TPSA) is 32.3 Å². The van der Waals surface area contributed by atoms with E-state index >= 15 is 0 Å². The number of rotatable bonds is 4. The Morgan fingerprint density at radius 2 is 1.85 bits per heavy atom. The normalized spacial score (nSPS) is 17.1. The molecule has 1 amide bonds. The van der Waals surface area contributed by atoms with E-state index in [9.17, 15) is 18.0 Å². The van der Waals surface area contributed by atoms with Crippen LogP contribution in [0.15, 0.2) is 42.5 Å². The van der Waals surface area contributed by atoms with Gasteiger partial charge in [0.1, 0.15) is 0 Å². The van der Waals surface area contributed by atoms with Crippen LogP contribution < -0.4 is 10.2 Å². The van der Waals surface area contributed by atoms with Crippen LogP contribution in [-0.4, -0.2) is 25.0 Å². The predicted octanol–water partition coefficient (Wildman–Crippen LogP) is 5.41. The molecule has 1 heterocycles. The number of carbonyl (C=O) groups excluding carboxylic acids is 1. The van der Waals surface area contributed by atoms with E-state index in [2.05, 4.69) is 5.32 Å². The summed E-state index contributed by atoms with van der Waals surface area (Å²) >= 11 is 12.2. The molecular formula is C19H17Cl2F3N2O. The zero-order chi connectivity index (χ0) is 19.6. The molecule has 3 rings (SSSR count). The third kappa shape index (κ3) is 4.75. The Morgan fingerprint density at radius 3 is 2.41 bits per heavy atom. The molecule has 1 saturated heterocycles. The van der Waals surface area contributed by atoms with Crippen molar-refractivity contribution in [3.63, 3.8) is 0 Å². The first-order valence-corrected chi connectivity index (χ1v) is 9.19. The number of halogens is 5. The summed E-state index contributed by atoms with van der Waals surface area (Å²) in [5.74, 6) is -0.415. The van der Waals surface area contributed by atoms with Crippen molar-refractivity contribution in [1.29, 1.82) is 0 Å². The summed E-state index contributed by atoms with van der Waals surface area (Å²) in [6.07, 6.45) is -2.54. The van der Waals surface area contributed by atoms with Gasteiger partial charge in [0.25, 0.3) is 5.91 Å². The van der Waals surface area contributed by atoms with Crippen molar-refractivity contribution in [3.05, 3.63) is 63.6 Å². The average Bonchev–Trinajstić information content (AvgIpc) is 3.12. The lowest BCUT2D eigenvalue weighted by Gasteiger charge is -2.27. The van der Waals surface area contributed by atoms with Gasteiger partial charge in [0, 0.05) is 23.2 Å². The summed E-state index contributed by atoms with van der Waals surface area (Å²) in [4.78, 5) is 14.5. The number of hydrogen-bond donors (Lipinski definition) is 1. The van der Waals surface area contributed by atoms with Crippen molar-refractivity contribution in [1.82, 2.24) is 5.32 Å². The summed E-state index contributed by atoms with van der Waals surface area (Å²) in [6.45, 7) is 1.22. The summed E-state index contributed by atoms with van der Waals surface area (Å²) in [7, 11) is 0. The van der Waals surface area contributed by atoms with Crippen molar-refractivity contribution in [2.75, 3.05) is 18.0 Å². The van der Waals surface area contributed by atoms with E-state index in [1.54, 1.807) is 12.1 Å². The molecule has 2 aromatic rings. The molecule has 0 spiro atoms. The fraction of sp³-hybridized carbons (Fsp3) is 0.316. The zero-order valence-corrected chi connectivity index (χ0v) is 15.7. The van der Waals surface area contributed by atoms with Crippen LogP contribution in [0.3, 0.4) is 0 Å². The number of amides is 1. The van der Waals surface area contributed by atoms with E-state index in [1.807, 2.05) is 0 Å². The van der Waals surface area contributed by atoms with E-state index in [4.69, 9.17) is 23.2 Å². The maximum absolute atomic E-state index is 13.1. The average molecular weight is 417 g/mol. The quantitative estimate of drug-likeness (QED) is 0.722. The first kappa shape index (κ1) is 20.0. The highest BCUT2D eigenvalue weighted by Gasteiger charge is 2.31. The van der Waals surface area contributed by atoms with Crippen LogP contribution in [0.25, 0.3) is 0 Å². The van der Waals surface area contributed by atoms with Gasteiger partial charge in [-0.1, -0.05) is 23.2 Å². The molecule has 1 fully saturated rings. The van der Waals surface area contributed by atoms with E-state index in [1.165, 1.54) is 23.1 Å². The SMILES string of the molecule is O=C(c1ccc(C(F)(F)F)cc1)N(C[C@@H]1CCCN1)c1ccc(Cl)cc1Cl. The van der Waals surface area contributed by atoms with Crippen LogP contribution in [0.5, 0.6) is 0 Å². The minimum atomic E-state index is -4.45. The fourth-order valence-corrected chi connectivity index (χ4v) is 3.59. The highest BCUT2D eigenvalue weighted by Crippen LogP contribution is 2.32. The van der Waals surface area contributed by atoms with Crippen LogP contribution in [0, 0.1) is 0 Å². The molecule has 0 saturated carbocycles. The Hall–Kier alpha value is -1.76. The van der Waals surface area contributed by atoms with Gasteiger partial charge in [-0.05, 0) is 61.9 Å². The molecule has 27 heavy (non-hydrogen) atoms. The van der Waals surface area contributed by atoms with Crippen molar-refractivity contribution < 1.29 is 18.0 Å². The van der Waals surface area contributed by atoms with Crippen LogP contribution in [0.1, 0.15) is 28.8 Å². The Morgan fingerprint density at radius 1 is 1.15 bits per heavy atom. The molecule has 1 aliphatic heterocycles. The van der Waals surface area contributed by atoms with Crippen molar-refractivity contribution in [2.24, 2.45) is 0 Å². The van der Waals surface area contributed by atoms with Gasteiger partial charge in [-0.15, -0.1) is 0 Å². The molecule has 0 unspecified atom stereocenters. The maximum atomic E-state index is 13.1. The Balaban J connectivity index is 1.92. The van der Waals surface area contributed by atoms with Gasteiger partial charge >= 0.3 is 6.18 Å². The summed E-state index contributed by atoms with van der Waals surface area (Å²) < 4.78 is 38.3. The molecule has 144 valence electrons. The number of carbonyl (C=O) groups is 1. The second-order valence-electron chi connectivity index (χ2n) is 6.38. The second-order valence-corrected chi connectivity index (χ2v) is 7.22. The number of hydrogen-bond acceptors (Lipinski definition) is 2. The Kier molecular flexibility index (Phi) is 5.99. The van der Waals surface area contributed by atoms with Gasteiger partial charge in [0.2, 0.25) is 0 Å². The molecule has 1 aliphatic rings. The zero-order valence-electron chi connectivity index (χ0n) is 14.2. The van der Waals surface area contributed by atoms with Gasteiger partial charge in [-0.3, -0.25) is 4.79 Å². The number of benzene rings is 2. The Bertz CT molecular complexity index is 819. The summed E-state index contributed by atoms with van der Waals surface area (Å²) in [5.41, 5.74) is -0.167. The van der Waals surface area contributed by atoms with Crippen LogP contribution >= 0.6 is 23.2 Å². The van der Waals surface area contributed by atoms with Crippen molar-refractivity contribution >= 4 is 34.8 Å². The number of nitrogens with one attached hydrogen (secondary N) is 1. The first-order valence-electron chi connectivity index (χ1n) is 8.43. The first-order chi connectivity index (χ1) is 12.8. The summed E-state index contributed by atoms with van der Waals surface area (Å²) in [5, 5.41) is 4.05. The molecule has 0 radical (unpaired) electrons. The third-order valence-corrected chi connectivity index (χ3v) is 5.01. The van der Waals surface area contributed by atoms with E-state index in [0.29, 0.717) is 22.3 Å². The molecular weight excluding hydrogens is 400 g/mol. The van der Waals surface area contributed by atoms with Gasteiger partial charge < -0.3 is 10.2 Å². The van der Waals surface area contributed by atoms with Gasteiger partial charge in [0.15, 0.2) is 0 Å². The molecule has 8 heteroatoms. The molecule has 0 aromatic heterocycles. The highest BCUT2D eigenvalue weighted by atomic mass is 35.5. The lowest BCUT2D eigenvalue weighted by molar-refractivity contribution is -0.137. The van der Waals surface area contributed by atoms with Crippen LogP contribution in [0.4, 0.5) is 18.9 Å². The molecule has 0 aliphatic carbocycles. The lowest BCUT2D eigenvalue weighted by Crippen LogP contribution is -2.41. The number of alkyl halides is 3. The number of nitrogens with zero attached hydrogens (tertiary/aromatic N) is 1. The molecule has 3 nitrogen and oxygen atoms in total. The van der Waals surface area contributed by atoms with Crippen LogP contribution in [-0.2, 0) is 6.18 Å². The predicted molar refractivity (Wildman–Crippen MR) is 101 cm³/mol. The largest absolute Gasteiger partial charge is 0.416 e. The smallest absolute Gasteiger partial charge is 0.312 e. The maximum Gasteiger partial charge on any atom is 0.416 e. The van der Waals surface area contributed by atoms with E-state index in [-0.39, 0.29) is 11.6 Å². The van der Waals surface area contributed by atoms with Crippen LogP contribution in [0.2, 0.25) is 10.0 Å². The van der Waals surface area contributed by atoms with Gasteiger partial charge in [0.05, 0.1) is 16.3 Å². The van der Waals surface area contributed by atoms with E-state index in [0.717, 1.165) is 31.5 Å². The monoisotopic (exact) mass is 416 g/mol. The third-order valence-electron chi connectivity index (χ3n) is 4.47. The highest BCUT2D eigenvalue weighted by molar-refractivity contribution is 6.37. The summed E-state index contributed by atoms with van der Waals surface area (Å²) in [6, 6.07) is 9.07. The molecule has 0 bridgehead atoms. The fourth-order valence-electron chi connectivity index (χ4n) is 3.08. The standard InChI is InChI=1S/C19H17Cl2F3N2O/c20-14-7-8-17(16(21)10-14)26(11-15-2-1-9-25-15)18(27)12-3-5-13(6-4-12)19(22,23)24/h3-8,10,15,25H,1-2,9,11H2/t15-/m0/s1. The van der Waals surface area contributed by atoms with Gasteiger partial charge in [-0.2, -0.15) is 13.2 Å². The molecule has 2 aromatic carbocycles. The molecule has 1 atom stereocenters. The molecule has 1 N–H and O–H groups in total.